The second kappa shape index (κ2) is 9.73. The smallest absolute Gasteiger partial charge is 0.217 e. The molecule has 4 rings (SSSR count). The van der Waals surface area contributed by atoms with E-state index in [1.54, 1.807) is 10.7 Å². The Morgan fingerprint density at radius 3 is 2.65 bits per heavy atom. The van der Waals surface area contributed by atoms with Gasteiger partial charge in [-0.15, -0.1) is 11.3 Å². The van der Waals surface area contributed by atoms with Gasteiger partial charge in [-0.2, -0.15) is 5.10 Å². The topological polar surface area (TPSA) is 90.3 Å². The number of nitrogens with one attached hydrogen (secondary N) is 1. The zero-order valence-electron chi connectivity index (χ0n) is 18.3. The van der Waals surface area contributed by atoms with Crippen molar-refractivity contribution in [1.29, 1.82) is 0 Å². The highest BCUT2D eigenvalue weighted by molar-refractivity contribution is 7.92. The van der Waals surface area contributed by atoms with Gasteiger partial charge >= 0.3 is 0 Å². The standard InChI is InChI=1S/C23H21ClFN3O4S2/c1-14(29)26-11-15-4-3-5-16(10-15)12-28-19-7-6-17(25)23(32-2)22(19)18(27-28)13-34(30,31)21-9-8-20(24)33-21/h3-10H,11-13H2,1-2H3,(H,26,29). The van der Waals surface area contributed by atoms with Crippen LogP contribution in [0.15, 0.2) is 52.7 Å². The van der Waals surface area contributed by atoms with E-state index in [1.165, 1.54) is 32.2 Å². The molecule has 0 aliphatic heterocycles. The number of carbonyl (C=O) groups is 1. The number of methoxy groups -OCH3 is 1. The van der Waals surface area contributed by atoms with Crippen LogP contribution in [0.2, 0.25) is 4.34 Å². The average Bonchev–Trinajstić information content (AvgIpc) is 3.37. The van der Waals surface area contributed by atoms with Crippen molar-refractivity contribution in [2.24, 2.45) is 0 Å². The van der Waals surface area contributed by atoms with E-state index >= 15 is 0 Å². The zero-order valence-corrected chi connectivity index (χ0v) is 20.7. The molecule has 0 saturated carbocycles. The lowest BCUT2D eigenvalue weighted by molar-refractivity contribution is -0.119. The number of sulfone groups is 1. The van der Waals surface area contributed by atoms with Gasteiger partial charge in [-0.1, -0.05) is 35.9 Å². The number of nitrogens with zero attached hydrogens (tertiary/aromatic N) is 2. The normalized spacial score (nSPS) is 11.6. The van der Waals surface area contributed by atoms with Gasteiger partial charge in [0, 0.05) is 13.5 Å². The van der Waals surface area contributed by atoms with E-state index in [1.807, 2.05) is 24.3 Å². The minimum absolute atomic E-state index is 0.0578. The van der Waals surface area contributed by atoms with Gasteiger partial charge in [0.1, 0.15) is 9.96 Å². The lowest BCUT2D eigenvalue weighted by Gasteiger charge is -2.08. The molecule has 34 heavy (non-hydrogen) atoms. The molecule has 0 spiro atoms. The molecule has 7 nitrogen and oxygen atoms in total. The average molecular weight is 522 g/mol. The van der Waals surface area contributed by atoms with Crippen molar-refractivity contribution >= 4 is 49.6 Å². The van der Waals surface area contributed by atoms with Crippen LogP contribution in [-0.4, -0.2) is 31.2 Å². The number of benzene rings is 2. The Bertz CT molecular complexity index is 1480. The first-order chi connectivity index (χ1) is 16.2. The molecule has 2 heterocycles. The number of carbonyl (C=O) groups excluding carboxylic acids is 1. The summed E-state index contributed by atoms with van der Waals surface area (Å²) in [5, 5.41) is 7.61. The first-order valence-electron chi connectivity index (χ1n) is 10.2. The van der Waals surface area contributed by atoms with Gasteiger partial charge in [0.25, 0.3) is 0 Å². The van der Waals surface area contributed by atoms with E-state index in [2.05, 4.69) is 10.4 Å². The van der Waals surface area contributed by atoms with E-state index in [0.29, 0.717) is 28.3 Å². The van der Waals surface area contributed by atoms with Crippen molar-refractivity contribution in [1.82, 2.24) is 15.1 Å². The SMILES string of the molecule is COc1c(F)ccc2c1c(CS(=O)(=O)c1ccc(Cl)s1)nn2Cc1cccc(CNC(C)=O)c1. The van der Waals surface area contributed by atoms with E-state index < -0.39 is 21.4 Å². The summed E-state index contributed by atoms with van der Waals surface area (Å²) in [6.07, 6.45) is 0. The van der Waals surface area contributed by atoms with Crippen molar-refractivity contribution in [3.63, 3.8) is 0 Å². The number of hydrogen-bond donors (Lipinski definition) is 1. The maximum Gasteiger partial charge on any atom is 0.217 e. The highest BCUT2D eigenvalue weighted by atomic mass is 35.5. The summed E-state index contributed by atoms with van der Waals surface area (Å²) < 4.78 is 47.9. The second-order valence-corrected chi connectivity index (χ2v) is 11.6. The fourth-order valence-electron chi connectivity index (χ4n) is 3.66. The van der Waals surface area contributed by atoms with Crippen molar-refractivity contribution in [3.8, 4) is 5.75 Å². The fraction of sp³-hybridized carbons (Fsp3) is 0.217. The Kier molecular flexibility index (Phi) is 6.92. The summed E-state index contributed by atoms with van der Waals surface area (Å²) in [4.78, 5) is 11.2. The van der Waals surface area contributed by atoms with Gasteiger partial charge in [0.05, 0.1) is 34.6 Å². The van der Waals surface area contributed by atoms with Crippen LogP contribution in [0.25, 0.3) is 10.9 Å². The molecule has 0 aliphatic carbocycles. The third-order valence-electron chi connectivity index (χ3n) is 5.15. The van der Waals surface area contributed by atoms with Crippen LogP contribution in [0.4, 0.5) is 4.39 Å². The van der Waals surface area contributed by atoms with Crippen LogP contribution in [0.3, 0.4) is 0 Å². The third kappa shape index (κ3) is 5.08. The lowest BCUT2D eigenvalue weighted by atomic mass is 10.1. The molecule has 0 aliphatic rings. The summed E-state index contributed by atoms with van der Waals surface area (Å²) in [7, 11) is -2.43. The zero-order chi connectivity index (χ0) is 24.5. The summed E-state index contributed by atoms with van der Waals surface area (Å²) >= 11 is 6.88. The van der Waals surface area contributed by atoms with Crippen molar-refractivity contribution < 1.29 is 22.3 Å². The van der Waals surface area contributed by atoms with Crippen LogP contribution in [0.5, 0.6) is 5.75 Å². The number of fused-ring (bicyclic) bond motifs is 1. The molecule has 11 heteroatoms. The lowest BCUT2D eigenvalue weighted by Crippen LogP contribution is -2.19. The first-order valence-corrected chi connectivity index (χ1v) is 13.0. The Morgan fingerprint density at radius 2 is 1.97 bits per heavy atom. The fourth-order valence-corrected chi connectivity index (χ4v) is 6.51. The number of amides is 1. The van der Waals surface area contributed by atoms with Crippen LogP contribution in [-0.2, 0) is 33.5 Å². The van der Waals surface area contributed by atoms with Gasteiger partial charge < -0.3 is 10.1 Å². The van der Waals surface area contributed by atoms with Gasteiger partial charge in [0.15, 0.2) is 21.4 Å². The van der Waals surface area contributed by atoms with Crippen molar-refractivity contribution in [3.05, 3.63) is 75.5 Å². The summed E-state index contributed by atoms with van der Waals surface area (Å²) in [6.45, 7) is 2.14. The number of ether oxygens (including phenoxy) is 1. The summed E-state index contributed by atoms with van der Waals surface area (Å²) in [5.74, 6) is -1.23. The molecular formula is C23H21ClFN3O4S2. The number of rotatable bonds is 8. The molecular weight excluding hydrogens is 501 g/mol. The van der Waals surface area contributed by atoms with Crippen LogP contribution >= 0.6 is 22.9 Å². The maximum atomic E-state index is 14.5. The van der Waals surface area contributed by atoms with E-state index in [9.17, 15) is 17.6 Å². The Balaban J connectivity index is 1.76. The number of hydrogen-bond acceptors (Lipinski definition) is 6. The molecule has 0 fully saturated rings. The molecule has 4 aromatic rings. The van der Waals surface area contributed by atoms with E-state index in [0.717, 1.165) is 22.5 Å². The van der Waals surface area contributed by atoms with Crippen molar-refractivity contribution in [2.75, 3.05) is 7.11 Å². The molecule has 2 aromatic heterocycles. The predicted octanol–water partition coefficient (Wildman–Crippen LogP) is 4.56. The van der Waals surface area contributed by atoms with Gasteiger partial charge in [-0.3, -0.25) is 9.48 Å². The second-order valence-electron chi connectivity index (χ2n) is 7.63. The summed E-state index contributed by atoms with van der Waals surface area (Å²) in [6, 6.07) is 13.4. The molecule has 0 unspecified atom stereocenters. The van der Waals surface area contributed by atoms with Gasteiger partial charge in [0.2, 0.25) is 5.91 Å². The van der Waals surface area contributed by atoms with Crippen LogP contribution in [0.1, 0.15) is 23.7 Å². The molecule has 178 valence electrons. The maximum absolute atomic E-state index is 14.5. The molecule has 2 aromatic carbocycles. The number of aromatic nitrogens is 2. The van der Waals surface area contributed by atoms with Crippen LogP contribution in [0, 0.1) is 5.82 Å². The van der Waals surface area contributed by atoms with Gasteiger partial charge in [-0.05, 0) is 35.4 Å². The Hall–Kier alpha value is -2.95. The molecule has 1 N–H and O–H groups in total. The van der Waals surface area contributed by atoms with Crippen molar-refractivity contribution in [2.45, 2.75) is 30.0 Å². The largest absolute Gasteiger partial charge is 0.493 e. The first kappa shape index (κ1) is 24.2. The molecule has 0 atom stereocenters. The molecule has 0 radical (unpaired) electrons. The summed E-state index contributed by atoms with van der Waals surface area (Å²) in [5.41, 5.74) is 2.52. The minimum atomic E-state index is -3.76. The van der Waals surface area contributed by atoms with Crippen LogP contribution < -0.4 is 10.1 Å². The minimum Gasteiger partial charge on any atom is -0.493 e. The molecule has 0 bridgehead atoms. The Morgan fingerprint density at radius 1 is 1.21 bits per heavy atom. The quantitative estimate of drug-likeness (QED) is 0.367. The van der Waals surface area contributed by atoms with E-state index in [4.69, 9.17) is 16.3 Å². The highest BCUT2D eigenvalue weighted by Crippen LogP contribution is 2.35. The third-order valence-corrected chi connectivity index (χ3v) is 8.59. The predicted molar refractivity (Wildman–Crippen MR) is 130 cm³/mol. The Labute approximate surface area is 205 Å². The van der Waals surface area contributed by atoms with Gasteiger partial charge in [-0.25, -0.2) is 12.8 Å². The number of thiophene rings is 1. The monoisotopic (exact) mass is 521 g/mol. The molecule has 1 amide bonds. The van der Waals surface area contributed by atoms with E-state index in [-0.39, 0.29) is 21.6 Å². The molecule has 0 saturated heterocycles. The number of halogens is 2. The highest BCUT2D eigenvalue weighted by Gasteiger charge is 2.25.